The average Bonchev–Trinajstić information content (AvgIpc) is 2.84. The van der Waals surface area contributed by atoms with Gasteiger partial charge in [0, 0.05) is 30.6 Å². The van der Waals surface area contributed by atoms with Gasteiger partial charge in [-0.1, -0.05) is 24.3 Å². The maximum Gasteiger partial charge on any atom is 0.251 e. The lowest BCUT2D eigenvalue weighted by Crippen LogP contribution is -2.35. The number of ether oxygens (including phenoxy) is 1. The third-order valence-electron chi connectivity index (χ3n) is 4.02. The van der Waals surface area contributed by atoms with Gasteiger partial charge in [-0.15, -0.1) is 0 Å². The lowest BCUT2D eigenvalue weighted by Gasteiger charge is -2.20. The molecule has 0 saturated carbocycles. The molecule has 0 bridgehead atoms. The average molecular weight is 342 g/mol. The van der Waals surface area contributed by atoms with Crippen LogP contribution in [0.25, 0.3) is 0 Å². The lowest BCUT2D eigenvalue weighted by atomic mass is 10.2. The number of amides is 2. The van der Waals surface area contributed by atoms with Crippen LogP contribution < -0.4 is 10.1 Å². The molecule has 2 aromatic rings. The summed E-state index contributed by atoms with van der Waals surface area (Å²) in [6.07, 6.45) is 0.184. The van der Waals surface area contributed by atoms with Crippen molar-refractivity contribution in [2.24, 2.45) is 0 Å². The molecule has 1 heterocycles. The van der Waals surface area contributed by atoms with E-state index in [1.54, 1.807) is 4.90 Å². The molecule has 5 nitrogen and oxygen atoms in total. The van der Waals surface area contributed by atoms with Crippen molar-refractivity contribution in [1.29, 1.82) is 0 Å². The first-order chi connectivity index (χ1) is 12.1. The van der Waals surface area contributed by atoms with Crippen molar-refractivity contribution >= 4 is 11.8 Å². The van der Waals surface area contributed by atoms with E-state index in [1.807, 2.05) is 24.3 Å². The smallest absolute Gasteiger partial charge is 0.251 e. The Morgan fingerprint density at radius 2 is 2.00 bits per heavy atom. The van der Waals surface area contributed by atoms with E-state index in [-0.39, 0.29) is 24.4 Å². The summed E-state index contributed by atoms with van der Waals surface area (Å²) in [5.41, 5.74) is 1.21. The number of hydrogen-bond acceptors (Lipinski definition) is 3. The molecule has 1 N–H and O–H groups in total. The number of para-hydroxylation sites is 1. The van der Waals surface area contributed by atoms with Crippen LogP contribution in [0, 0.1) is 5.82 Å². The van der Waals surface area contributed by atoms with E-state index in [1.165, 1.54) is 24.3 Å². The van der Waals surface area contributed by atoms with Crippen molar-refractivity contribution in [2.75, 3.05) is 19.7 Å². The van der Waals surface area contributed by atoms with Gasteiger partial charge < -0.3 is 15.0 Å². The second-order valence-electron chi connectivity index (χ2n) is 5.79. The Bertz CT molecular complexity index is 779. The largest absolute Gasteiger partial charge is 0.491 e. The molecule has 2 amide bonds. The molecule has 3 rings (SSSR count). The van der Waals surface area contributed by atoms with Gasteiger partial charge in [0.05, 0.1) is 6.54 Å². The molecule has 1 aliphatic heterocycles. The Kier molecular flexibility index (Phi) is 5.28. The summed E-state index contributed by atoms with van der Waals surface area (Å²) in [5, 5.41) is 2.65. The number of rotatable bonds is 4. The number of nitrogens with zero attached hydrogens (tertiary/aromatic N) is 1. The number of carbonyl (C=O) groups excluding carboxylic acids is 2. The molecular weight excluding hydrogens is 323 g/mol. The summed E-state index contributed by atoms with van der Waals surface area (Å²) in [6, 6.07) is 13.1. The summed E-state index contributed by atoms with van der Waals surface area (Å²) in [5.74, 6) is -0.110. The van der Waals surface area contributed by atoms with Gasteiger partial charge in [-0.25, -0.2) is 4.39 Å². The van der Waals surface area contributed by atoms with E-state index in [0.717, 1.165) is 11.3 Å². The lowest BCUT2D eigenvalue weighted by molar-refractivity contribution is -0.131. The molecule has 0 aromatic heterocycles. The van der Waals surface area contributed by atoms with Crippen molar-refractivity contribution in [3.05, 3.63) is 65.5 Å². The highest BCUT2D eigenvalue weighted by atomic mass is 19.1. The Morgan fingerprint density at radius 3 is 2.84 bits per heavy atom. The minimum Gasteiger partial charge on any atom is -0.491 e. The molecule has 6 heteroatoms. The highest BCUT2D eigenvalue weighted by Gasteiger charge is 2.19. The molecule has 0 unspecified atom stereocenters. The summed E-state index contributed by atoms with van der Waals surface area (Å²) in [7, 11) is 0. The number of hydrogen-bond donors (Lipinski definition) is 1. The van der Waals surface area contributed by atoms with E-state index >= 15 is 0 Å². The summed E-state index contributed by atoms with van der Waals surface area (Å²) in [4.78, 5) is 26.1. The van der Waals surface area contributed by atoms with Crippen LogP contribution in [0.2, 0.25) is 0 Å². The summed E-state index contributed by atoms with van der Waals surface area (Å²) in [6.45, 7) is 1.64. The molecule has 0 fully saturated rings. The minimum atomic E-state index is -0.466. The number of carbonyl (C=O) groups is 2. The van der Waals surface area contributed by atoms with Crippen LogP contribution >= 0.6 is 0 Å². The fraction of sp³-hybridized carbons (Fsp3) is 0.263. The highest BCUT2D eigenvalue weighted by Crippen LogP contribution is 2.22. The molecule has 25 heavy (non-hydrogen) atoms. The minimum absolute atomic E-state index is 0.0557. The number of fused-ring (bicyclic) bond motifs is 1. The van der Waals surface area contributed by atoms with Crippen LogP contribution in [0.5, 0.6) is 5.75 Å². The van der Waals surface area contributed by atoms with Crippen molar-refractivity contribution < 1.29 is 18.7 Å². The Balaban J connectivity index is 1.52. The third kappa shape index (κ3) is 4.35. The second kappa shape index (κ2) is 7.79. The van der Waals surface area contributed by atoms with Crippen molar-refractivity contribution in [3.8, 4) is 5.75 Å². The first kappa shape index (κ1) is 17.0. The van der Waals surface area contributed by atoms with E-state index in [4.69, 9.17) is 4.74 Å². The Labute approximate surface area is 145 Å². The first-order valence-corrected chi connectivity index (χ1v) is 8.16. The van der Waals surface area contributed by atoms with Gasteiger partial charge in [0.2, 0.25) is 5.91 Å². The molecule has 0 atom stereocenters. The van der Waals surface area contributed by atoms with Gasteiger partial charge in [-0.2, -0.15) is 0 Å². The van der Waals surface area contributed by atoms with Gasteiger partial charge in [0.1, 0.15) is 18.2 Å². The van der Waals surface area contributed by atoms with E-state index in [0.29, 0.717) is 19.7 Å². The van der Waals surface area contributed by atoms with E-state index in [2.05, 4.69) is 5.32 Å². The van der Waals surface area contributed by atoms with Crippen LogP contribution in [0.3, 0.4) is 0 Å². The predicted molar refractivity (Wildman–Crippen MR) is 90.7 cm³/mol. The fourth-order valence-electron chi connectivity index (χ4n) is 2.71. The van der Waals surface area contributed by atoms with Crippen molar-refractivity contribution in [3.63, 3.8) is 0 Å². The Morgan fingerprint density at radius 1 is 1.16 bits per heavy atom. The SMILES string of the molecule is O=C(NCCC(=O)N1CCOc2ccccc2C1)c1cccc(F)c1. The van der Waals surface area contributed by atoms with Crippen molar-refractivity contribution in [1.82, 2.24) is 10.2 Å². The number of benzene rings is 2. The molecule has 0 aliphatic carbocycles. The summed E-state index contributed by atoms with van der Waals surface area (Å²) >= 11 is 0. The van der Waals surface area contributed by atoms with Crippen LogP contribution in [-0.2, 0) is 11.3 Å². The number of halogens is 1. The van der Waals surface area contributed by atoms with Gasteiger partial charge in [-0.3, -0.25) is 9.59 Å². The zero-order valence-corrected chi connectivity index (χ0v) is 13.7. The van der Waals surface area contributed by atoms with Gasteiger partial charge >= 0.3 is 0 Å². The maximum atomic E-state index is 13.1. The van der Waals surface area contributed by atoms with Crippen LogP contribution in [0.4, 0.5) is 4.39 Å². The fourth-order valence-corrected chi connectivity index (χ4v) is 2.71. The summed E-state index contributed by atoms with van der Waals surface area (Å²) < 4.78 is 18.8. The topological polar surface area (TPSA) is 58.6 Å². The molecule has 0 spiro atoms. The van der Waals surface area contributed by atoms with E-state index in [9.17, 15) is 14.0 Å². The van der Waals surface area contributed by atoms with Gasteiger partial charge in [0.15, 0.2) is 0 Å². The third-order valence-corrected chi connectivity index (χ3v) is 4.02. The molecular formula is C19H19FN2O3. The van der Waals surface area contributed by atoms with Gasteiger partial charge in [0.25, 0.3) is 5.91 Å². The van der Waals surface area contributed by atoms with Crippen LogP contribution in [0.1, 0.15) is 22.3 Å². The predicted octanol–water partition coefficient (Wildman–Crippen LogP) is 2.37. The van der Waals surface area contributed by atoms with Crippen LogP contribution in [-0.4, -0.2) is 36.4 Å². The molecule has 2 aromatic carbocycles. The monoisotopic (exact) mass is 342 g/mol. The van der Waals surface area contributed by atoms with Crippen molar-refractivity contribution in [2.45, 2.75) is 13.0 Å². The zero-order valence-electron chi connectivity index (χ0n) is 13.7. The highest BCUT2D eigenvalue weighted by molar-refractivity contribution is 5.94. The first-order valence-electron chi connectivity index (χ1n) is 8.16. The maximum absolute atomic E-state index is 13.1. The van der Waals surface area contributed by atoms with Crippen LogP contribution in [0.15, 0.2) is 48.5 Å². The quantitative estimate of drug-likeness (QED) is 0.928. The molecule has 1 aliphatic rings. The van der Waals surface area contributed by atoms with Gasteiger partial charge in [-0.05, 0) is 24.3 Å². The molecule has 0 radical (unpaired) electrons. The van der Waals surface area contributed by atoms with E-state index < -0.39 is 11.7 Å². The Hall–Kier alpha value is -2.89. The normalized spacial score (nSPS) is 13.4. The zero-order chi connectivity index (χ0) is 17.6. The molecule has 130 valence electrons. The standard InChI is InChI=1S/C19H19FN2O3/c20-16-6-3-5-14(12-16)19(24)21-9-8-18(23)22-10-11-25-17-7-2-1-4-15(17)13-22/h1-7,12H,8-11,13H2,(H,21,24). The second-order valence-corrected chi connectivity index (χ2v) is 5.79. The molecule has 0 saturated heterocycles. The number of nitrogens with one attached hydrogen (secondary N) is 1.